The molecule has 1 atom stereocenters. The van der Waals surface area contributed by atoms with Gasteiger partial charge < -0.3 is 9.64 Å². The fraction of sp³-hybridized carbons (Fsp3) is 0.600. The van der Waals surface area contributed by atoms with Crippen molar-refractivity contribution in [1.29, 1.82) is 0 Å². The molecule has 2 rings (SSSR count). The summed E-state index contributed by atoms with van der Waals surface area (Å²) in [6.07, 6.45) is 6.45. The number of piperidine rings is 1. The van der Waals surface area contributed by atoms with E-state index in [1.165, 1.54) is 0 Å². The van der Waals surface area contributed by atoms with Crippen molar-refractivity contribution >= 4 is 22.0 Å². The second-order valence-electron chi connectivity index (χ2n) is 6.12. The van der Waals surface area contributed by atoms with E-state index in [-0.39, 0.29) is 12.1 Å². The van der Waals surface area contributed by atoms with E-state index >= 15 is 0 Å². The van der Waals surface area contributed by atoms with Crippen LogP contribution in [0.25, 0.3) is 0 Å². The van der Waals surface area contributed by atoms with E-state index in [9.17, 15) is 4.79 Å². The Labute approximate surface area is 128 Å². The first-order valence-electron chi connectivity index (χ1n) is 6.97. The number of rotatable bonds is 1. The number of hydrogen-bond acceptors (Lipinski definition) is 3. The molecule has 0 spiro atoms. The molecule has 1 aromatic heterocycles. The maximum Gasteiger partial charge on any atom is 0.410 e. The van der Waals surface area contributed by atoms with Gasteiger partial charge in [0.15, 0.2) is 0 Å². The molecule has 1 aliphatic heterocycles. The van der Waals surface area contributed by atoms with E-state index in [2.05, 4.69) is 20.9 Å². The first-order chi connectivity index (χ1) is 9.37. The highest BCUT2D eigenvalue weighted by atomic mass is 79.9. The lowest BCUT2D eigenvalue weighted by atomic mass is 9.97. The second kappa shape index (κ2) is 6.12. The summed E-state index contributed by atoms with van der Waals surface area (Å²) in [6, 6.07) is 2.09. The van der Waals surface area contributed by atoms with Crippen molar-refractivity contribution in [3.8, 4) is 0 Å². The lowest BCUT2D eigenvalue weighted by Crippen LogP contribution is -2.41. The number of carbonyl (C=O) groups excluding carboxylic acids is 1. The molecular formula is C15H21BrN2O2. The third-order valence-corrected chi connectivity index (χ3v) is 3.68. The van der Waals surface area contributed by atoms with Gasteiger partial charge in [-0.25, -0.2) is 4.79 Å². The molecule has 4 nitrogen and oxygen atoms in total. The standard InChI is InChI=1S/C15H21BrN2O2/c1-15(2,3)20-14(19)18-7-5-4-6-13(18)11-8-12(16)10-17-9-11/h8-10,13H,4-7H2,1-3H3. The predicted molar refractivity (Wildman–Crippen MR) is 81.5 cm³/mol. The van der Waals surface area contributed by atoms with Gasteiger partial charge in [0, 0.05) is 23.4 Å². The Hall–Kier alpha value is -1.10. The largest absolute Gasteiger partial charge is 0.444 e. The van der Waals surface area contributed by atoms with Crippen molar-refractivity contribution in [2.45, 2.75) is 51.7 Å². The van der Waals surface area contributed by atoms with E-state index in [4.69, 9.17) is 4.74 Å². The molecule has 0 bridgehead atoms. The maximum absolute atomic E-state index is 12.4. The highest BCUT2D eigenvalue weighted by Crippen LogP contribution is 2.32. The Balaban J connectivity index is 2.19. The van der Waals surface area contributed by atoms with E-state index in [0.717, 1.165) is 35.8 Å². The van der Waals surface area contributed by atoms with Gasteiger partial charge in [0.05, 0.1) is 6.04 Å². The summed E-state index contributed by atoms with van der Waals surface area (Å²) in [5.41, 5.74) is 0.596. The minimum absolute atomic E-state index is 0.0589. The lowest BCUT2D eigenvalue weighted by molar-refractivity contribution is 0.00947. The van der Waals surface area contributed by atoms with Crippen LogP contribution in [0.2, 0.25) is 0 Å². The van der Waals surface area contributed by atoms with Crippen LogP contribution in [0.3, 0.4) is 0 Å². The molecule has 0 radical (unpaired) electrons. The number of likely N-dealkylation sites (tertiary alicyclic amines) is 1. The quantitative estimate of drug-likeness (QED) is 0.765. The molecule has 0 N–H and O–H groups in total. The van der Waals surface area contributed by atoms with Crippen molar-refractivity contribution in [2.24, 2.45) is 0 Å². The van der Waals surface area contributed by atoms with Crippen molar-refractivity contribution in [3.05, 3.63) is 28.5 Å². The number of amides is 1. The van der Waals surface area contributed by atoms with Crippen LogP contribution in [-0.2, 0) is 4.74 Å². The van der Waals surface area contributed by atoms with Crippen LogP contribution in [0.15, 0.2) is 22.9 Å². The van der Waals surface area contributed by atoms with E-state index in [1.54, 1.807) is 6.20 Å². The Kier molecular flexibility index (Phi) is 4.68. The fourth-order valence-electron chi connectivity index (χ4n) is 2.43. The topological polar surface area (TPSA) is 42.4 Å². The number of nitrogens with zero attached hydrogens (tertiary/aromatic N) is 2. The molecule has 1 amide bonds. The molecule has 1 unspecified atom stereocenters. The first-order valence-corrected chi connectivity index (χ1v) is 7.76. The number of ether oxygens (including phenoxy) is 1. The third-order valence-electron chi connectivity index (χ3n) is 3.24. The lowest BCUT2D eigenvalue weighted by Gasteiger charge is -2.36. The molecule has 1 aromatic rings. The highest BCUT2D eigenvalue weighted by molar-refractivity contribution is 9.10. The normalized spacial score (nSPS) is 19.8. The zero-order valence-corrected chi connectivity index (χ0v) is 13.8. The van der Waals surface area contributed by atoms with E-state index in [0.29, 0.717) is 0 Å². The van der Waals surface area contributed by atoms with Gasteiger partial charge in [-0.1, -0.05) is 0 Å². The van der Waals surface area contributed by atoms with Gasteiger partial charge in [-0.2, -0.15) is 0 Å². The van der Waals surface area contributed by atoms with Crippen molar-refractivity contribution in [1.82, 2.24) is 9.88 Å². The molecule has 1 fully saturated rings. The smallest absolute Gasteiger partial charge is 0.410 e. The van der Waals surface area contributed by atoms with Crippen molar-refractivity contribution in [3.63, 3.8) is 0 Å². The minimum Gasteiger partial charge on any atom is -0.444 e. The maximum atomic E-state index is 12.4. The predicted octanol–water partition coefficient (Wildman–Crippen LogP) is 4.31. The van der Waals surface area contributed by atoms with Gasteiger partial charge in [-0.3, -0.25) is 4.98 Å². The van der Waals surface area contributed by atoms with Gasteiger partial charge in [0.2, 0.25) is 0 Å². The van der Waals surface area contributed by atoms with Gasteiger partial charge >= 0.3 is 6.09 Å². The summed E-state index contributed by atoms with van der Waals surface area (Å²) in [6.45, 7) is 6.42. The molecule has 5 heteroatoms. The summed E-state index contributed by atoms with van der Waals surface area (Å²) in [5.74, 6) is 0. The van der Waals surface area contributed by atoms with Crippen LogP contribution in [0, 0.1) is 0 Å². The summed E-state index contributed by atoms with van der Waals surface area (Å²) in [7, 11) is 0. The van der Waals surface area contributed by atoms with Crippen LogP contribution in [0.4, 0.5) is 4.79 Å². The summed E-state index contributed by atoms with van der Waals surface area (Å²) >= 11 is 3.44. The first kappa shape index (κ1) is 15.3. The molecule has 110 valence electrons. The van der Waals surface area contributed by atoms with Gasteiger partial charge in [-0.15, -0.1) is 0 Å². The molecule has 0 aliphatic carbocycles. The van der Waals surface area contributed by atoms with Crippen LogP contribution in [0.5, 0.6) is 0 Å². The number of hydrogen-bond donors (Lipinski definition) is 0. The molecule has 1 saturated heterocycles. The van der Waals surface area contributed by atoms with Crippen LogP contribution < -0.4 is 0 Å². The Morgan fingerprint density at radius 3 is 2.80 bits per heavy atom. The monoisotopic (exact) mass is 340 g/mol. The van der Waals surface area contributed by atoms with Gasteiger partial charge in [0.1, 0.15) is 5.60 Å². The van der Waals surface area contributed by atoms with Crippen LogP contribution >= 0.6 is 15.9 Å². The van der Waals surface area contributed by atoms with Crippen molar-refractivity contribution in [2.75, 3.05) is 6.54 Å². The Morgan fingerprint density at radius 2 is 2.15 bits per heavy atom. The Bertz CT molecular complexity index is 485. The number of aromatic nitrogens is 1. The fourth-order valence-corrected chi connectivity index (χ4v) is 2.81. The number of carbonyl (C=O) groups is 1. The van der Waals surface area contributed by atoms with E-state index < -0.39 is 5.60 Å². The molecule has 2 heterocycles. The zero-order chi connectivity index (χ0) is 14.8. The van der Waals surface area contributed by atoms with Crippen molar-refractivity contribution < 1.29 is 9.53 Å². The van der Waals surface area contributed by atoms with E-state index in [1.807, 2.05) is 37.9 Å². The summed E-state index contributed by atoms with van der Waals surface area (Å²) in [5, 5.41) is 0. The highest BCUT2D eigenvalue weighted by Gasteiger charge is 2.31. The SMILES string of the molecule is CC(C)(C)OC(=O)N1CCCCC1c1cncc(Br)c1. The third kappa shape index (κ3) is 3.95. The van der Waals surface area contributed by atoms with Crippen LogP contribution in [0.1, 0.15) is 51.6 Å². The number of pyridine rings is 1. The van der Waals surface area contributed by atoms with Gasteiger partial charge in [0.25, 0.3) is 0 Å². The Morgan fingerprint density at radius 1 is 1.40 bits per heavy atom. The molecule has 1 aliphatic rings. The molecule has 0 aromatic carbocycles. The molecular weight excluding hydrogens is 320 g/mol. The second-order valence-corrected chi connectivity index (χ2v) is 7.04. The summed E-state index contributed by atoms with van der Waals surface area (Å²) < 4.78 is 6.45. The average molecular weight is 341 g/mol. The summed E-state index contributed by atoms with van der Waals surface area (Å²) in [4.78, 5) is 18.4. The zero-order valence-electron chi connectivity index (χ0n) is 12.2. The van der Waals surface area contributed by atoms with Crippen LogP contribution in [-0.4, -0.2) is 28.1 Å². The number of halogens is 1. The minimum atomic E-state index is -0.464. The molecule has 20 heavy (non-hydrogen) atoms. The molecule has 0 saturated carbocycles. The van der Waals surface area contributed by atoms with Gasteiger partial charge in [-0.05, 0) is 67.6 Å². The average Bonchev–Trinajstić information content (AvgIpc) is 2.37.